The highest BCUT2D eigenvalue weighted by molar-refractivity contribution is 5.88. The van der Waals surface area contributed by atoms with Gasteiger partial charge in [-0.15, -0.1) is 0 Å². The van der Waals surface area contributed by atoms with Crippen LogP contribution in [0.25, 0.3) is 0 Å². The molecule has 16 heavy (non-hydrogen) atoms. The first kappa shape index (κ1) is 11.1. The number of nitrogens with zero attached hydrogens (tertiary/aromatic N) is 1. The van der Waals surface area contributed by atoms with Crippen LogP contribution in [0.5, 0.6) is 0 Å². The molecule has 1 aliphatic heterocycles. The number of hydrogen-bond acceptors (Lipinski definition) is 2. The molecule has 1 aliphatic rings. The topological polar surface area (TPSA) is 29.5 Å². The SMILES string of the molecule is CC1N(OCc2ccccc2)C(=O)C1(C)C. The molecule has 3 nitrogen and oxygen atoms in total. The first-order chi connectivity index (χ1) is 7.53. The van der Waals surface area contributed by atoms with E-state index in [1.807, 2.05) is 51.1 Å². The number of carbonyl (C=O) groups excluding carboxylic acids is 1. The quantitative estimate of drug-likeness (QED) is 0.730. The number of benzene rings is 1. The van der Waals surface area contributed by atoms with E-state index < -0.39 is 0 Å². The highest BCUT2D eigenvalue weighted by atomic mass is 16.7. The van der Waals surface area contributed by atoms with E-state index in [2.05, 4.69) is 0 Å². The van der Waals surface area contributed by atoms with Gasteiger partial charge in [-0.2, -0.15) is 0 Å². The third kappa shape index (κ3) is 1.71. The maximum absolute atomic E-state index is 11.7. The van der Waals surface area contributed by atoms with Gasteiger partial charge in [-0.1, -0.05) is 30.3 Å². The lowest BCUT2D eigenvalue weighted by atomic mass is 9.77. The number of hydrogen-bond donors (Lipinski definition) is 0. The number of carbonyl (C=O) groups is 1. The minimum atomic E-state index is -0.281. The Balaban J connectivity index is 1.92. The van der Waals surface area contributed by atoms with Crippen LogP contribution in [0.3, 0.4) is 0 Å². The van der Waals surface area contributed by atoms with Crippen molar-refractivity contribution in [2.24, 2.45) is 5.41 Å². The van der Waals surface area contributed by atoms with Crippen LogP contribution < -0.4 is 0 Å². The smallest absolute Gasteiger partial charge is 0.254 e. The lowest BCUT2D eigenvalue weighted by molar-refractivity contribution is -0.260. The standard InChI is InChI=1S/C13H17NO2/c1-10-13(2,3)12(15)14(10)16-9-11-7-5-4-6-8-11/h4-8,10H,9H2,1-3H3. The Labute approximate surface area is 96.0 Å². The molecule has 0 aromatic heterocycles. The molecule has 86 valence electrons. The van der Waals surface area contributed by atoms with E-state index >= 15 is 0 Å². The van der Waals surface area contributed by atoms with Crippen LogP contribution in [-0.2, 0) is 16.2 Å². The molecule has 1 aromatic carbocycles. The fraction of sp³-hybridized carbons (Fsp3) is 0.462. The van der Waals surface area contributed by atoms with Gasteiger partial charge in [0.2, 0.25) is 0 Å². The monoisotopic (exact) mass is 219 g/mol. The zero-order chi connectivity index (χ0) is 11.8. The van der Waals surface area contributed by atoms with Gasteiger partial charge in [-0.25, -0.2) is 5.06 Å². The first-order valence-electron chi connectivity index (χ1n) is 5.54. The highest BCUT2D eigenvalue weighted by Gasteiger charge is 2.52. The molecule has 1 amide bonds. The van der Waals surface area contributed by atoms with E-state index in [0.717, 1.165) is 5.56 Å². The molecule has 0 radical (unpaired) electrons. The molecule has 3 heteroatoms. The number of β-lactam (4-membered cyclic amide) rings is 1. The molecule has 1 atom stereocenters. The van der Waals surface area contributed by atoms with Crippen molar-refractivity contribution in [2.45, 2.75) is 33.4 Å². The predicted octanol–water partition coefficient (Wildman–Crippen LogP) is 2.38. The lowest BCUT2D eigenvalue weighted by Gasteiger charge is -2.49. The van der Waals surface area contributed by atoms with Crippen molar-refractivity contribution in [1.82, 2.24) is 5.06 Å². The summed E-state index contributed by atoms with van der Waals surface area (Å²) in [6.07, 6.45) is 0. The van der Waals surface area contributed by atoms with Gasteiger partial charge in [0.1, 0.15) is 6.61 Å². The third-order valence-corrected chi connectivity index (χ3v) is 3.36. The van der Waals surface area contributed by atoms with E-state index in [4.69, 9.17) is 4.84 Å². The van der Waals surface area contributed by atoms with Gasteiger partial charge in [0.15, 0.2) is 0 Å². The van der Waals surface area contributed by atoms with Crippen LogP contribution >= 0.6 is 0 Å². The fourth-order valence-electron chi connectivity index (χ4n) is 1.75. The summed E-state index contributed by atoms with van der Waals surface area (Å²) in [6, 6.07) is 10.0. The second-order valence-corrected chi connectivity index (χ2v) is 4.79. The van der Waals surface area contributed by atoms with Crippen molar-refractivity contribution in [3.8, 4) is 0 Å². The van der Waals surface area contributed by atoms with Gasteiger partial charge in [-0.05, 0) is 26.3 Å². The zero-order valence-corrected chi connectivity index (χ0v) is 9.93. The van der Waals surface area contributed by atoms with Crippen molar-refractivity contribution in [1.29, 1.82) is 0 Å². The molecule has 0 N–H and O–H groups in total. The Bertz CT molecular complexity index is 386. The van der Waals surface area contributed by atoms with Crippen molar-refractivity contribution in [3.63, 3.8) is 0 Å². The lowest BCUT2D eigenvalue weighted by Crippen LogP contribution is -2.64. The van der Waals surface area contributed by atoms with Crippen LogP contribution in [0, 0.1) is 5.41 Å². The van der Waals surface area contributed by atoms with Gasteiger partial charge >= 0.3 is 0 Å². The van der Waals surface area contributed by atoms with Crippen molar-refractivity contribution >= 4 is 5.91 Å². The third-order valence-electron chi connectivity index (χ3n) is 3.36. The van der Waals surface area contributed by atoms with E-state index in [0.29, 0.717) is 6.61 Å². The Morgan fingerprint density at radius 1 is 1.31 bits per heavy atom. The summed E-state index contributed by atoms with van der Waals surface area (Å²) >= 11 is 0. The summed E-state index contributed by atoms with van der Waals surface area (Å²) in [5.41, 5.74) is 0.795. The number of rotatable bonds is 3. The maximum atomic E-state index is 11.7. The first-order valence-corrected chi connectivity index (χ1v) is 5.54. The Hall–Kier alpha value is -1.35. The summed E-state index contributed by atoms with van der Waals surface area (Å²) in [5.74, 6) is 0.0657. The largest absolute Gasteiger partial charge is 0.272 e. The summed E-state index contributed by atoms with van der Waals surface area (Å²) in [4.78, 5) is 17.2. The van der Waals surface area contributed by atoms with E-state index in [-0.39, 0.29) is 17.4 Å². The molecule has 2 rings (SSSR count). The normalized spacial score (nSPS) is 23.1. The van der Waals surface area contributed by atoms with Gasteiger partial charge in [-0.3, -0.25) is 9.63 Å². The second kappa shape index (κ2) is 3.91. The average Bonchev–Trinajstić information content (AvgIpc) is 2.30. The molecule has 1 fully saturated rings. The maximum Gasteiger partial charge on any atom is 0.254 e. The minimum absolute atomic E-state index is 0.0657. The Morgan fingerprint density at radius 3 is 2.50 bits per heavy atom. The van der Waals surface area contributed by atoms with Gasteiger partial charge in [0.05, 0.1) is 11.5 Å². The van der Waals surface area contributed by atoms with E-state index in [9.17, 15) is 4.79 Å². The van der Waals surface area contributed by atoms with Crippen LogP contribution in [-0.4, -0.2) is 17.0 Å². The minimum Gasteiger partial charge on any atom is -0.272 e. The van der Waals surface area contributed by atoms with Gasteiger partial charge in [0, 0.05) is 0 Å². The van der Waals surface area contributed by atoms with Crippen LogP contribution in [0.15, 0.2) is 30.3 Å². The molecule has 0 spiro atoms. The predicted molar refractivity (Wildman–Crippen MR) is 61.3 cm³/mol. The van der Waals surface area contributed by atoms with Crippen LogP contribution in [0.4, 0.5) is 0 Å². The molecular formula is C13H17NO2. The second-order valence-electron chi connectivity index (χ2n) is 4.79. The average molecular weight is 219 g/mol. The Kier molecular flexibility index (Phi) is 2.72. The molecule has 0 bridgehead atoms. The summed E-state index contributed by atoms with van der Waals surface area (Å²) in [5, 5.41) is 1.48. The van der Waals surface area contributed by atoms with Crippen molar-refractivity contribution in [3.05, 3.63) is 35.9 Å². The van der Waals surface area contributed by atoms with E-state index in [1.54, 1.807) is 0 Å². The van der Waals surface area contributed by atoms with Gasteiger partial charge < -0.3 is 0 Å². The molecule has 1 aromatic rings. The van der Waals surface area contributed by atoms with Crippen molar-refractivity contribution < 1.29 is 9.63 Å². The number of hydroxylamine groups is 2. The Morgan fingerprint density at radius 2 is 1.94 bits per heavy atom. The molecule has 1 saturated heterocycles. The molecule has 0 aliphatic carbocycles. The van der Waals surface area contributed by atoms with Gasteiger partial charge in [0.25, 0.3) is 5.91 Å². The molecule has 1 unspecified atom stereocenters. The molecular weight excluding hydrogens is 202 g/mol. The highest BCUT2D eigenvalue weighted by Crippen LogP contribution is 2.38. The summed E-state index contributed by atoms with van der Waals surface area (Å²) < 4.78 is 0. The fourth-order valence-corrected chi connectivity index (χ4v) is 1.75. The van der Waals surface area contributed by atoms with E-state index in [1.165, 1.54) is 5.06 Å². The van der Waals surface area contributed by atoms with Crippen LogP contribution in [0.2, 0.25) is 0 Å². The molecule has 1 heterocycles. The zero-order valence-electron chi connectivity index (χ0n) is 9.93. The number of amides is 1. The summed E-state index contributed by atoms with van der Waals surface area (Å²) in [6.45, 7) is 6.35. The molecule has 0 saturated carbocycles. The van der Waals surface area contributed by atoms with Crippen LogP contribution in [0.1, 0.15) is 26.3 Å². The van der Waals surface area contributed by atoms with Crippen molar-refractivity contribution in [2.75, 3.05) is 0 Å². The summed E-state index contributed by atoms with van der Waals surface area (Å²) in [7, 11) is 0.